The highest BCUT2D eigenvalue weighted by atomic mass is 79.9. The number of tetrazole rings is 1. The number of anilines is 1. The second-order valence-electron chi connectivity index (χ2n) is 5.94. The van der Waals surface area contributed by atoms with E-state index in [0.717, 1.165) is 15.6 Å². The average Bonchev–Trinajstić information content (AvgIpc) is 3.14. The van der Waals surface area contributed by atoms with Crippen molar-refractivity contribution in [1.82, 2.24) is 20.2 Å². The molecular weight excluding hydrogens is 422 g/mol. The minimum Gasteiger partial charge on any atom is -0.490 e. The lowest BCUT2D eigenvalue weighted by molar-refractivity contribution is 0.267. The Labute approximate surface area is 172 Å². The van der Waals surface area contributed by atoms with E-state index >= 15 is 0 Å². The zero-order valence-electron chi connectivity index (χ0n) is 15.6. The molecule has 2 aromatic carbocycles. The lowest BCUT2D eigenvalue weighted by atomic mass is 10.2. The summed E-state index contributed by atoms with van der Waals surface area (Å²) < 4.78 is 14.3. The summed E-state index contributed by atoms with van der Waals surface area (Å²) in [7, 11) is 0. The zero-order chi connectivity index (χ0) is 19.8. The summed E-state index contributed by atoms with van der Waals surface area (Å²) in [5.74, 6) is 1.96. The monoisotopic (exact) mass is 443 g/mol. The molecule has 3 rings (SSSR count). The van der Waals surface area contributed by atoms with Gasteiger partial charge in [-0.15, -0.1) is 6.58 Å². The summed E-state index contributed by atoms with van der Waals surface area (Å²) in [6, 6.07) is 14.0. The first-order valence-electron chi connectivity index (χ1n) is 8.94. The summed E-state index contributed by atoms with van der Waals surface area (Å²) >= 11 is 3.61. The number of nitrogens with one attached hydrogen (secondary N) is 1. The van der Waals surface area contributed by atoms with Crippen molar-refractivity contribution < 1.29 is 9.47 Å². The summed E-state index contributed by atoms with van der Waals surface area (Å²) in [5, 5.41) is 14.8. The van der Waals surface area contributed by atoms with E-state index in [1.165, 1.54) is 0 Å². The number of nitrogens with zero attached hydrogens (tertiary/aromatic N) is 4. The molecule has 1 heterocycles. The third-order valence-corrected chi connectivity index (χ3v) is 4.47. The van der Waals surface area contributed by atoms with Crippen LogP contribution in [0.4, 0.5) is 5.95 Å². The Hall–Kier alpha value is -2.87. The van der Waals surface area contributed by atoms with E-state index in [9.17, 15) is 0 Å². The normalized spacial score (nSPS) is 10.5. The second-order valence-corrected chi connectivity index (χ2v) is 6.79. The predicted molar refractivity (Wildman–Crippen MR) is 111 cm³/mol. The lowest BCUT2D eigenvalue weighted by Crippen LogP contribution is -2.09. The van der Waals surface area contributed by atoms with Crippen LogP contribution in [0.15, 0.2) is 59.6 Å². The van der Waals surface area contributed by atoms with Gasteiger partial charge in [-0.2, -0.15) is 0 Å². The fourth-order valence-electron chi connectivity index (χ4n) is 2.61. The molecule has 0 amide bonds. The van der Waals surface area contributed by atoms with E-state index in [4.69, 9.17) is 9.47 Å². The maximum Gasteiger partial charge on any atom is 0.243 e. The molecule has 3 aromatic rings. The van der Waals surface area contributed by atoms with Crippen LogP contribution in [0.1, 0.15) is 18.1 Å². The number of aromatic nitrogens is 4. The van der Waals surface area contributed by atoms with Gasteiger partial charge in [-0.1, -0.05) is 41.5 Å². The van der Waals surface area contributed by atoms with Crippen molar-refractivity contribution in [1.29, 1.82) is 0 Å². The van der Waals surface area contributed by atoms with E-state index < -0.39 is 0 Å². The van der Waals surface area contributed by atoms with Crippen LogP contribution in [0.3, 0.4) is 0 Å². The molecule has 0 radical (unpaired) electrons. The smallest absolute Gasteiger partial charge is 0.243 e. The quantitative estimate of drug-likeness (QED) is 0.473. The van der Waals surface area contributed by atoms with Crippen LogP contribution in [0.5, 0.6) is 11.5 Å². The van der Waals surface area contributed by atoms with Crippen LogP contribution in [0, 0.1) is 0 Å². The van der Waals surface area contributed by atoms with Gasteiger partial charge in [-0.05, 0) is 56.5 Å². The third kappa shape index (κ3) is 5.10. The van der Waals surface area contributed by atoms with E-state index in [0.29, 0.717) is 43.8 Å². The third-order valence-electron chi connectivity index (χ3n) is 3.88. The first kappa shape index (κ1) is 19.9. The molecule has 1 N–H and O–H groups in total. The molecule has 0 unspecified atom stereocenters. The average molecular weight is 444 g/mol. The summed E-state index contributed by atoms with van der Waals surface area (Å²) in [4.78, 5) is 0. The van der Waals surface area contributed by atoms with Gasteiger partial charge >= 0.3 is 0 Å². The molecule has 146 valence electrons. The molecule has 0 atom stereocenters. The van der Waals surface area contributed by atoms with Crippen molar-refractivity contribution in [2.45, 2.75) is 26.6 Å². The topological polar surface area (TPSA) is 74.1 Å². The molecule has 0 saturated carbocycles. The van der Waals surface area contributed by atoms with E-state index in [2.05, 4.69) is 43.4 Å². The van der Waals surface area contributed by atoms with Gasteiger partial charge in [-0.3, -0.25) is 0 Å². The van der Waals surface area contributed by atoms with Crippen LogP contribution < -0.4 is 14.8 Å². The van der Waals surface area contributed by atoms with Crippen LogP contribution >= 0.6 is 15.9 Å². The molecule has 0 aliphatic carbocycles. The lowest BCUT2D eigenvalue weighted by Gasteiger charge is -2.16. The van der Waals surface area contributed by atoms with Gasteiger partial charge in [0, 0.05) is 6.54 Å². The molecular formula is C20H22BrN5O2. The highest BCUT2D eigenvalue weighted by Crippen LogP contribution is 2.37. The Morgan fingerprint density at radius 1 is 1.18 bits per heavy atom. The molecule has 0 spiro atoms. The molecule has 28 heavy (non-hydrogen) atoms. The molecule has 1 aromatic heterocycles. The highest BCUT2D eigenvalue weighted by molar-refractivity contribution is 9.10. The molecule has 0 saturated heterocycles. The van der Waals surface area contributed by atoms with Gasteiger partial charge in [0.2, 0.25) is 5.95 Å². The van der Waals surface area contributed by atoms with E-state index in [1.54, 1.807) is 10.8 Å². The van der Waals surface area contributed by atoms with E-state index in [1.807, 2.05) is 49.4 Å². The SMILES string of the molecule is C=CCn1nnnc1NCc1cc(Br)c(OCc2ccccc2)c(OCC)c1. The minimum atomic E-state index is 0.466. The number of hydrogen-bond donors (Lipinski definition) is 1. The van der Waals surface area contributed by atoms with Gasteiger partial charge in [-0.25, -0.2) is 4.68 Å². The van der Waals surface area contributed by atoms with Crippen LogP contribution in [0.2, 0.25) is 0 Å². The maximum atomic E-state index is 6.02. The van der Waals surface area contributed by atoms with Crippen molar-refractivity contribution in [2.75, 3.05) is 11.9 Å². The van der Waals surface area contributed by atoms with Gasteiger partial charge in [0.1, 0.15) is 6.61 Å². The number of hydrogen-bond acceptors (Lipinski definition) is 6. The van der Waals surface area contributed by atoms with Crippen LogP contribution in [-0.2, 0) is 19.7 Å². The first-order valence-corrected chi connectivity index (χ1v) is 9.73. The van der Waals surface area contributed by atoms with Crippen molar-refractivity contribution >= 4 is 21.9 Å². The van der Waals surface area contributed by atoms with Crippen molar-refractivity contribution in [3.63, 3.8) is 0 Å². The van der Waals surface area contributed by atoms with Crippen LogP contribution in [-0.4, -0.2) is 26.8 Å². The Morgan fingerprint density at radius 3 is 2.75 bits per heavy atom. The standard InChI is InChI=1S/C20H22BrN5O2/c1-3-10-26-20(23-24-25-26)22-13-16-11-17(21)19(18(12-16)27-4-2)28-14-15-8-6-5-7-9-15/h3,5-9,11-12H,1,4,10,13-14H2,2H3,(H,22,23,25). The molecule has 0 bridgehead atoms. The van der Waals surface area contributed by atoms with Gasteiger partial charge in [0.15, 0.2) is 11.5 Å². The summed E-state index contributed by atoms with van der Waals surface area (Å²) in [6.45, 7) is 7.74. The van der Waals surface area contributed by atoms with Crippen molar-refractivity contribution in [2.24, 2.45) is 0 Å². The summed E-state index contributed by atoms with van der Waals surface area (Å²) in [6.07, 6.45) is 1.74. The minimum absolute atomic E-state index is 0.466. The highest BCUT2D eigenvalue weighted by Gasteiger charge is 2.13. The summed E-state index contributed by atoms with van der Waals surface area (Å²) in [5.41, 5.74) is 2.10. The largest absolute Gasteiger partial charge is 0.490 e. The van der Waals surface area contributed by atoms with Crippen LogP contribution in [0.25, 0.3) is 0 Å². The Balaban J connectivity index is 1.74. The Bertz CT molecular complexity index is 914. The van der Waals surface area contributed by atoms with Gasteiger partial charge in [0.05, 0.1) is 17.6 Å². The Morgan fingerprint density at radius 2 is 2.00 bits per heavy atom. The second kappa shape index (κ2) is 9.89. The number of halogens is 1. The molecule has 0 fully saturated rings. The number of ether oxygens (including phenoxy) is 2. The first-order chi connectivity index (χ1) is 13.7. The fraction of sp³-hybridized carbons (Fsp3) is 0.250. The Kier molecular flexibility index (Phi) is 7.02. The predicted octanol–water partition coefficient (Wildman–Crippen LogP) is 4.21. The van der Waals surface area contributed by atoms with Crippen molar-refractivity contribution in [3.8, 4) is 11.5 Å². The van der Waals surface area contributed by atoms with Gasteiger partial charge in [0.25, 0.3) is 0 Å². The number of rotatable bonds is 10. The number of allylic oxidation sites excluding steroid dienone is 1. The molecule has 7 nitrogen and oxygen atoms in total. The molecule has 0 aliphatic rings. The van der Waals surface area contributed by atoms with Gasteiger partial charge < -0.3 is 14.8 Å². The molecule has 0 aliphatic heterocycles. The zero-order valence-corrected chi connectivity index (χ0v) is 17.2. The maximum absolute atomic E-state index is 6.02. The van der Waals surface area contributed by atoms with Crippen molar-refractivity contribution in [3.05, 3.63) is 70.7 Å². The molecule has 8 heteroatoms. The van der Waals surface area contributed by atoms with E-state index in [-0.39, 0.29) is 0 Å². The fourth-order valence-corrected chi connectivity index (χ4v) is 3.22. The number of benzene rings is 2.